The number of halogens is 2. The molecule has 14 heteroatoms. The van der Waals surface area contributed by atoms with Gasteiger partial charge in [-0.3, -0.25) is 9.10 Å². The van der Waals surface area contributed by atoms with Gasteiger partial charge in [0.2, 0.25) is 21.9 Å². The zero-order valence-corrected chi connectivity index (χ0v) is 26.0. The van der Waals surface area contributed by atoms with E-state index in [0.29, 0.717) is 40.6 Å². The number of amides is 1. The lowest BCUT2D eigenvalue weighted by molar-refractivity contribution is -0.111. The molecule has 0 unspecified atom stereocenters. The third-order valence-corrected chi connectivity index (χ3v) is 7.86. The normalized spacial score (nSPS) is 11.3. The van der Waals surface area contributed by atoms with Crippen LogP contribution in [0, 0.1) is 5.82 Å². The Bertz CT molecular complexity index is 1570. The second-order valence-corrected chi connectivity index (χ2v) is 12.2. The molecule has 3 aromatic rings. The van der Waals surface area contributed by atoms with E-state index in [2.05, 4.69) is 27.2 Å². The quantitative estimate of drug-likeness (QED) is 0.272. The Morgan fingerprint density at radius 2 is 1.83 bits per heavy atom. The Balaban J connectivity index is 2.01. The topological polar surface area (TPSA) is 120 Å². The molecule has 0 aliphatic carbocycles. The van der Waals surface area contributed by atoms with Gasteiger partial charge < -0.3 is 25.2 Å². The molecule has 42 heavy (non-hydrogen) atoms. The number of anilines is 5. The molecular formula is C28H35ClFN7O4S. The van der Waals surface area contributed by atoms with E-state index >= 15 is 0 Å². The maximum atomic E-state index is 14.2. The van der Waals surface area contributed by atoms with Crippen molar-refractivity contribution in [3.05, 3.63) is 71.3 Å². The van der Waals surface area contributed by atoms with Crippen LogP contribution in [-0.2, 0) is 21.2 Å². The van der Waals surface area contributed by atoms with Gasteiger partial charge in [-0.15, -0.1) is 0 Å². The fourth-order valence-corrected chi connectivity index (χ4v) is 4.67. The number of methoxy groups -OCH3 is 1. The van der Waals surface area contributed by atoms with Crippen molar-refractivity contribution < 1.29 is 22.3 Å². The minimum absolute atomic E-state index is 0.0242. The van der Waals surface area contributed by atoms with Crippen LogP contribution in [0.2, 0.25) is 5.02 Å². The summed E-state index contributed by atoms with van der Waals surface area (Å²) >= 11 is 6.41. The summed E-state index contributed by atoms with van der Waals surface area (Å²) in [6, 6.07) is 7.30. The summed E-state index contributed by atoms with van der Waals surface area (Å²) < 4.78 is 45.2. The fraction of sp³-hybridized carbons (Fsp3) is 0.321. The standard InChI is InChI=1S/C28H35ClFN7O4S/c1-8-27(38)32-22-15-23(26(41-6)16-25(22)36(4)12-11-35(2)3)34-28-31-17-20(29)21(33-28)14-18-13-19(30)9-10-24(18)37(5)42(7,39)40/h8-10,13,15-17H,1,11-12,14H2,2-7H3,(H,32,38)(H,31,33,34). The van der Waals surface area contributed by atoms with Crippen molar-refractivity contribution in [3.8, 4) is 5.75 Å². The van der Waals surface area contributed by atoms with Crippen molar-refractivity contribution in [2.45, 2.75) is 6.42 Å². The first kappa shape index (κ1) is 32.6. The zero-order chi connectivity index (χ0) is 31.2. The lowest BCUT2D eigenvalue weighted by Gasteiger charge is -2.26. The van der Waals surface area contributed by atoms with E-state index in [1.807, 2.05) is 30.9 Å². The molecule has 0 radical (unpaired) electrons. The number of sulfonamides is 1. The van der Waals surface area contributed by atoms with Crippen LogP contribution in [0.25, 0.3) is 0 Å². The number of hydrogen-bond donors (Lipinski definition) is 2. The summed E-state index contributed by atoms with van der Waals surface area (Å²) in [7, 11) is 5.15. The number of ether oxygens (including phenoxy) is 1. The van der Waals surface area contributed by atoms with Crippen molar-refractivity contribution >= 4 is 56.2 Å². The number of nitrogens with one attached hydrogen (secondary N) is 2. The Labute approximate surface area is 251 Å². The molecule has 2 aromatic carbocycles. The van der Waals surface area contributed by atoms with Crippen LogP contribution in [0.15, 0.2) is 49.2 Å². The minimum atomic E-state index is -3.61. The van der Waals surface area contributed by atoms with Gasteiger partial charge in [-0.05, 0) is 50.0 Å². The van der Waals surface area contributed by atoms with Gasteiger partial charge in [0, 0.05) is 39.7 Å². The summed E-state index contributed by atoms with van der Waals surface area (Å²) in [6.07, 6.45) is 3.65. The summed E-state index contributed by atoms with van der Waals surface area (Å²) in [5, 5.41) is 6.15. The first-order valence-corrected chi connectivity index (χ1v) is 15.0. The first-order valence-electron chi connectivity index (χ1n) is 12.8. The molecule has 1 aromatic heterocycles. The minimum Gasteiger partial charge on any atom is -0.494 e. The molecule has 0 aliphatic rings. The lowest BCUT2D eigenvalue weighted by Crippen LogP contribution is -2.29. The van der Waals surface area contributed by atoms with Gasteiger partial charge in [0.05, 0.1) is 53.0 Å². The highest BCUT2D eigenvalue weighted by atomic mass is 35.5. The number of benzene rings is 2. The average molecular weight is 620 g/mol. The number of aromatic nitrogens is 2. The predicted molar refractivity (Wildman–Crippen MR) is 166 cm³/mol. The lowest BCUT2D eigenvalue weighted by atomic mass is 10.1. The van der Waals surface area contributed by atoms with E-state index < -0.39 is 15.8 Å². The van der Waals surface area contributed by atoms with Gasteiger partial charge in [-0.1, -0.05) is 18.2 Å². The number of rotatable bonds is 13. The van der Waals surface area contributed by atoms with E-state index in [-0.39, 0.29) is 23.3 Å². The van der Waals surface area contributed by atoms with Crippen molar-refractivity contribution in [3.63, 3.8) is 0 Å². The number of carbonyl (C=O) groups is 1. The summed E-state index contributed by atoms with van der Waals surface area (Å²) in [4.78, 5) is 25.1. The van der Waals surface area contributed by atoms with Crippen LogP contribution in [0.4, 0.5) is 33.1 Å². The monoisotopic (exact) mass is 619 g/mol. The van der Waals surface area contributed by atoms with Crippen molar-refractivity contribution in [2.75, 3.05) is 74.5 Å². The zero-order valence-electron chi connectivity index (χ0n) is 24.4. The number of likely N-dealkylation sites (N-methyl/N-ethyl adjacent to an activating group) is 2. The molecule has 226 valence electrons. The van der Waals surface area contributed by atoms with E-state index in [4.69, 9.17) is 16.3 Å². The van der Waals surface area contributed by atoms with E-state index in [1.165, 1.54) is 44.6 Å². The molecule has 2 N–H and O–H groups in total. The second-order valence-electron chi connectivity index (χ2n) is 9.78. The molecule has 1 heterocycles. The largest absolute Gasteiger partial charge is 0.494 e. The molecule has 0 spiro atoms. The predicted octanol–water partition coefficient (Wildman–Crippen LogP) is 4.13. The van der Waals surface area contributed by atoms with Gasteiger partial charge in [-0.2, -0.15) is 0 Å². The molecule has 0 saturated carbocycles. The van der Waals surface area contributed by atoms with Crippen LogP contribution in [-0.4, -0.2) is 83.8 Å². The van der Waals surface area contributed by atoms with Crippen LogP contribution in [0.1, 0.15) is 11.3 Å². The molecular weight excluding hydrogens is 585 g/mol. The highest BCUT2D eigenvalue weighted by Gasteiger charge is 2.20. The fourth-order valence-electron chi connectivity index (χ4n) is 3.97. The van der Waals surface area contributed by atoms with Crippen molar-refractivity contribution in [2.24, 2.45) is 0 Å². The smallest absolute Gasteiger partial charge is 0.247 e. The van der Waals surface area contributed by atoms with E-state index in [9.17, 15) is 17.6 Å². The van der Waals surface area contributed by atoms with Gasteiger partial charge in [-0.25, -0.2) is 22.8 Å². The Hall–Kier alpha value is -3.94. The molecule has 1 amide bonds. The molecule has 11 nitrogen and oxygen atoms in total. The maximum absolute atomic E-state index is 14.2. The summed E-state index contributed by atoms with van der Waals surface area (Å²) in [6.45, 7) is 5.00. The van der Waals surface area contributed by atoms with Crippen LogP contribution < -0.4 is 24.6 Å². The molecule has 0 aliphatic heterocycles. The van der Waals surface area contributed by atoms with Gasteiger partial charge in [0.15, 0.2) is 0 Å². The number of hydrogen-bond acceptors (Lipinski definition) is 9. The first-order chi connectivity index (χ1) is 19.7. The van der Waals surface area contributed by atoms with Crippen LogP contribution >= 0.6 is 11.6 Å². The highest BCUT2D eigenvalue weighted by molar-refractivity contribution is 7.92. The Morgan fingerprint density at radius 1 is 1.12 bits per heavy atom. The molecule has 0 atom stereocenters. The Kier molecular flexibility index (Phi) is 10.7. The SMILES string of the molecule is C=CC(=O)Nc1cc(Nc2ncc(Cl)c(Cc3cc(F)ccc3N(C)S(C)(=O)=O)n2)c(OC)cc1N(C)CCN(C)C. The number of nitrogens with zero attached hydrogens (tertiary/aromatic N) is 5. The third-order valence-electron chi connectivity index (χ3n) is 6.35. The summed E-state index contributed by atoms with van der Waals surface area (Å²) in [5.41, 5.74) is 2.68. The Morgan fingerprint density at radius 3 is 2.45 bits per heavy atom. The molecule has 0 fully saturated rings. The summed E-state index contributed by atoms with van der Waals surface area (Å²) in [5.74, 6) is -0.311. The van der Waals surface area contributed by atoms with Crippen LogP contribution in [0.5, 0.6) is 5.75 Å². The third kappa shape index (κ3) is 8.30. The van der Waals surface area contributed by atoms with E-state index in [0.717, 1.165) is 22.8 Å². The van der Waals surface area contributed by atoms with Crippen LogP contribution in [0.3, 0.4) is 0 Å². The van der Waals surface area contributed by atoms with Gasteiger partial charge in [0.25, 0.3) is 0 Å². The molecule has 0 saturated heterocycles. The molecule has 0 bridgehead atoms. The number of carbonyl (C=O) groups excluding carboxylic acids is 1. The second kappa shape index (κ2) is 13.8. The highest BCUT2D eigenvalue weighted by Crippen LogP contribution is 2.38. The van der Waals surface area contributed by atoms with Crippen molar-refractivity contribution in [1.29, 1.82) is 0 Å². The maximum Gasteiger partial charge on any atom is 0.247 e. The average Bonchev–Trinajstić information content (AvgIpc) is 2.92. The van der Waals surface area contributed by atoms with Gasteiger partial charge in [0.1, 0.15) is 11.6 Å². The van der Waals surface area contributed by atoms with E-state index in [1.54, 1.807) is 12.1 Å². The molecule has 3 rings (SSSR count). The van der Waals surface area contributed by atoms with Gasteiger partial charge >= 0.3 is 0 Å². The van der Waals surface area contributed by atoms with Crippen molar-refractivity contribution in [1.82, 2.24) is 14.9 Å².